The molecule has 50 valence electrons. The Kier molecular flexibility index (Phi) is 2.63. The fourth-order valence-corrected chi connectivity index (χ4v) is 1.59. The maximum absolute atomic E-state index is 8.48. The summed E-state index contributed by atoms with van der Waals surface area (Å²) >= 11 is 4.77. The van der Waals surface area contributed by atoms with Crippen LogP contribution in [-0.2, 0) is 6.42 Å². The Hall–Kier alpha value is 0.0700. The van der Waals surface area contributed by atoms with E-state index in [-0.39, 0.29) is 6.61 Å². The van der Waals surface area contributed by atoms with Crippen molar-refractivity contribution in [1.29, 1.82) is 0 Å². The first-order valence-corrected chi connectivity index (χ1v) is 4.21. The first-order valence-electron chi connectivity index (χ1n) is 2.53. The van der Waals surface area contributed by atoms with E-state index in [9.17, 15) is 0 Å². The third-order valence-electron chi connectivity index (χ3n) is 0.892. The van der Waals surface area contributed by atoms with Crippen LogP contribution in [0.4, 0.5) is 0 Å². The highest BCUT2D eigenvalue weighted by Crippen LogP contribution is 2.15. The molecule has 0 saturated heterocycles. The van der Waals surface area contributed by atoms with Gasteiger partial charge in [-0.15, -0.1) is 11.3 Å². The first-order chi connectivity index (χ1) is 4.33. The predicted octanol–water partition coefficient (Wildman–Crippen LogP) is 1.44. The van der Waals surface area contributed by atoms with E-state index in [1.54, 1.807) is 0 Å². The van der Waals surface area contributed by atoms with Crippen molar-refractivity contribution in [3.05, 3.63) is 15.0 Å². The number of nitrogens with zero attached hydrogens (tertiary/aromatic N) is 1. The summed E-state index contributed by atoms with van der Waals surface area (Å²) in [5.41, 5.74) is 0.953. The zero-order chi connectivity index (χ0) is 6.69. The molecule has 0 amide bonds. The molecule has 0 fully saturated rings. The van der Waals surface area contributed by atoms with Crippen molar-refractivity contribution in [3.8, 4) is 0 Å². The van der Waals surface area contributed by atoms with Gasteiger partial charge in [-0.25, -0.2) is 4.98 Å². The number of aliphatic hydroxyl groups excluding tert-OH is 1. The molecular weight excluding hydrogens is 202 g/mol. The molecular formula is C5H6BrNOS. The maximum Gasteiger partial charge on any atom is 0.159 e. The molecule has 0 aliphatic heterocycles. The zero-order valence-electron chi connectivity index (χ0n) is 4.67. The molecule has 0 atom stereocenters. The Labute approximate surface area is 65.7 Å². The Balaban J connectivity index is 2.61. The van der Waals surface area contributed by atoms with E-state index in [1.807, 2.05) is 5.38 Å². The van der Waals surface area contributed by atoms with Crippen LogP contribution in [0.15, 0.2) is 9.30 Å². The molecule has 0 bridgehead atoms. The van der Waals surface area contributed by atoms with Crippen molar-refractivity contribution in [1.82, 2.24) is 4.98 Å². The number of aliphatic hydroxyl groups is 1. The van der Waals surface area contributed by atoms with Gasteiger partial charge >= 0.3 is 0 Å². The largest absolute Gasteiger partial charge is 0.396 e. The van der Waals surface area contributed by atoms with E-state index in [0.717, 1.165) is 9.61 Å². The van der Waals surface area contributed by atoms with E-state index in [4.69, 9.17) is 5.11 Å². The highest BCUT2D eigenvalue weighted by atomic mass is 79.9. The van der Waals surface area contributed by atoms with Crippen molar-refractivity contribution in [2.24, 2.45) is 0 Å². The number of thiazole rings is 1. The first kappa shape index (κ1) is 7.18. The summed E-state index contributed by atoms with van der Waals surface area (Å²) in [5, 5.41) is 10.4. The fourth-order valence-electron chi connectivity index (χ4n) is 0.512. The molecule has 0 spiro atoms. The van der Waals surface area contributed by atoms with E-state index in [0.29, 0.717) is 6.42 Å². The smallest absolute Gasteiger partial charge is 0.159 e. The van der Waals surface area contributed by atoms with Crippen LogP contribution in [0.5, 0.6) is 0 Å². The molecule has 9 heavy (non-hydrogen) atoms. The Bertz CT molecular complexity index is 189. The minimum atomic E-state index is 0.177. The van der Waals surface area contributed by atoms with Gasteiger partial charge in [0.1, 0.15) is 0 Å². The summed E-state index contributed by atoms with van der Waals surface area (Å²) in [7, 11) is 0. The monoisotopic (exact) mass is 207 g/mol. The molecule has 0 radical (unpaired) electrons. The van der Waals surface area contributed by atoms with Gasteiger partial charge in [0.2, 0.25) is 0 Å². The van der Waals surface area contributed by atoms with Crippen molar-refractivity contribution in [2.75, 3.05) is 6.61 Å². The van der Waals surface area contributed by atoms with Gasteiger partial charge in [-0.2, -0.15) is 0 Å². The van der Waals surface area contributed by atoms with Gasteiger partial charge in [0.25, 0.3) is 0 Å². The highest BCUT2D eigenvalue weighted by molar-refractivity contribution is 9.11. The average Bonchev–Trinajstić information content (AvgIpc) is 2.17. The van der Waals surface area contributed by atoms with Crippen LogP contribution in [0, 0.1) is 0 Å². The summed E-state index contributed by atoms with van der Waals surface area (Å²) in [6.45, 7) is 0.177. The van der Waals surface area contributed by atoms with Gasteiger partial charge in [0, 0.05) is 18.4 Å². The second-order valence-corrected chi connectivity index (χ2v) is 3.70. The minimum absolute atomic E-state index is 0.177. The molecule has 1 aromatic rings. The quantitative estimate of drug-likeness (QED) is 0.797. The zero-order valence-corrected chi connectivity index (χ0v) is 7.07. The van der Waals surface area contributed by atoms with Crippen LogP contribution in [0.25, 0.3) is 0 Å². The molecule has 4 heteroatoms. The summed E-state index contributed by atoms with van der Waals surface area (Å²) < 4.78 is 0.881. The van der Waals surface area contributed by atoms with Crippen LogP contribution in [0.2, 0.25) is 0 Å². The summed E-state index contributed by atoms with van der Waals surface area (Å²) in [5.74, 6) is 0. The Morgan fingerprint density at radius 1 is 1.78 bits per heavy atom. The maximum atomic E-state index is 8.48. The lowest BCUT2D eigenvalue weighted by molar-refractivity contribution is 0.298. The second-order valence-electron chi connectivity index (χ2n) is 1.57. The number of rotatable bonds is 2. The average molecular weight is 208 g/mol. The van der Waals surface area contributed by atoms with Crippen molar-refractivity contribution in [3.63, 3.8) is 0 Å². The Morgan fingerprint density at radius 2 is 2.56 bits per heavy atom. The number of hydrogen-bond acceptors (Lipinski definition) is 3. The standard InChI is InChI=1S/C5H6BrNOS/c6-5-7-4(1-2-8)3-9-5/h3,8H,1-2H2. The molecule has 0 aliphatic rings. The molecule has 0 saturated carbocycles. The van der Waals surface area contributed by atoms with Crippen LogP contribution in [0.3, 0.4) is 0 Å². The molecule has 0 unspecified atom stereocenters. The van der Waals surface area contributed by atoms with Crippen LogP contribution in [0.1, 0.15) is 5.69 Å². The summed E-state index contributed by atoms with van der Waals surface area (Å²) in [4.78, 5) is 4.08. The lowest BCUT2D eigenvalue weighted by Gasteiger charge is -1.85. The van der Waals surface area contributed by atoms with Crippen molar-refractivity contribution in [2.45, 2.75) is 6.42 Å². The van der Waals surface area contributed by atoms with E-state index < -0.39 is 0 Å². The number of aromatic nitrogens is 1. The van der Waals surface area contributed by atoms with Crippen LogP contribution < -0.4 is 0 Å². The normalized spacial score (nSPS) is 10.0. The molecule has 1 rings (SSSR count). The molecule has 1 aromatic heterocycles. The lowest BCUT2D eigenvalue weighted by atomic mass is 10.4. The van der Waals surface area contributed by atoms with Gasteiger partial charge in [-0.3, -0.25) is 0 Å². The molecule has 1 N–H and O–H groups in total. The van der Waals surface area contributed by atoms with E-state index >= 15 is 0 Å². The van der Waals surface area contributed by atoms with Gasteiger partial charge in [0.15, 0.2) is 3.92 Å². The van der Waals surface area contributed by atoms with Crippen LogP contribution in [-0.4, -0.2) is 16.7 Å². The third kappa shape index (κ3) is 2.04. The lowest BCUT2D eigenvalue weighted by Crippen LogP contribution is -1.89. The summed E-state index contributed by atoms with van der Waals surface area (Å²) in [6.07, 6.45) is 0.655. The second kappa shape index (κ2) is 3.29. The molecule has 1 heterocycles. The van der Waals surface area contributed by atoms with Gasteiger partial charge in [0.05, 0.1) is 5.69 Å². The van der Waals surface area contributed by atoms with Gasteiger partial charge < -0.3 is 5.11 Å². The molecule has 0 aromatic carbocycles. The topological polar surface area (TPSA) is 33.1 Å². The summed E-state index contributed by atoms with van der Waals surface area (Å²) in [6, 6.07) is 0. The number of halogens is 1. The minimum Gasteiger partial charge on any atom is -0.396 e. The molecule has 0 aliphatic carbocycles. The van der Waals surface area contributed by atoms with Crippen LogP contribution >= 0.6 is 27.3 Å². The SMILES string of the molecule is OCCc1csc(Br)n1. The third-order valence-corrected chi connectivity index (χ3v) is 2.31. The van der Waals surface area contributed by atoms with E-state index in [2.05, 4.69) is 20.9 Å². The van der Waals surface area contributed by atoms with Crippen molar-refractivity contribution < 1.29 is 5.11 Å². The Morgan fingerprint density at radius 3 is 3.00 bits per heavy atom. The van der Waals surface area contributed by atoms with Gasteiger partial charge in [-0.1, -0.05) is 0 Å². The molecule has 2 nitrogen and oxygen atoms in total. The number of hydrogen-bond donors (Lipinski definition) is 1. The fraction of sp³-hybridized carbons (Fsp3) is 0.400. The van der Waals surface area contributed by atoms with E-state index in [1.165, 1.54) is 11.3 Å². The predicted molar refractivity (Wildman–Crippen MR) is 40.6 cm³/mol. The van der Waals surface area contributed by atoms with Gasteiger partial charge in [-0.05, 0) is 15.9 Å². The van der Waals surface area contributed by atoms with Crippen molar-refractivity contribution >= 4 is 27.3 Å². The highest BCUT2D eigenvalue weighted by Gasteiger charge is 1.95.